The fraction of sp³-hybridized carbons (Fsp3) is 0.652. The third-order valence-corrected chi connectivity index (χ3v) is 5.46. The lowest BCUT2D eigenvalue weighted by Gasteiger charge is -2.35. The molecule has 1 aliphatic rings. The van der Waals surface area contributed by atoms with E-state index in [1.165, 1.54) is 25.9 Å². The molecule has 1 aromatic carbocycles. The van der Waals surface area contributed by atoms with Gasteiger partial charge in [0.2, 0.25) is 0 Å². The number of halogens is 1. The zero-order chi connectivity index (χ0) is 21.2. The highest BCUT2D eigenvalue weighted by molar-refractivity contribution is 14.0. The Hall–Kier alpha value is -1.35. The molecule has 6 nitrogen and oxygen atoms in total. The number of carbonyl (C=O) groups is 1. The van der Waals surface area contributed by atoms with Gasteiger partial charge in [0.25, 0.3) is 5.91 Å². The second-order valence-electron chi connectivity index (χ2n) is 8.39. The van der Waals surface area contributed by atoms with Gasteiger partial charge in [-0.25, -0.2) is 0 Å². The smallest absolute Gasteiger partial charge is 0.253 e. The topological polar surface area (TPSA) is 60.0 Å². The summed E-state index contributed by atoms with van der Waals surface area (Å²) in [6, 6.07) is 8.33. The average Bonchev–Trinajstić information content (AvgIpc) is 2.71. The zero-order valence-corrected chi connectivity index (χ0v) is 21.6. The fourth-order valence-corrected chi connectivity index (χ4v) is 3.75. The molecule has 1 fully saturated rings. The van der Waals surface area contributed by atoms with Crippen LogP contribution in [0.1, 0.15) is 49.5 Å². The number of rotatable bonds is 8. The van der Waals surface area contributed by atoms with Gasteiger partial charge in [0.1, 0.15) is 0 Å². The van der Waals surface area contributed by atoms with E-state index in [2.05, 4.69) is 42.4 Å². The maximum absolute atomic E-state index is 12.1. The van der Waals surface area contributed by atoms with Crippen LogP contribution in [0.5, 0.6) is 0 Å². The molecule has 1 saturated heterocycles. The summed E-state index contributed by atoms with van der Waals surface area (Å²) in [7, 11) is 3.56. The zero-order valence-electron chi connectivity index (χ0n) is 19.3. The molecule has 1 amide bonds. The predicted molar refractivity (Wildman–Crippen MR) is 137 cm³/mol. The molecule has 2 atom stereocenters. The number of hydrogen-bond donors (Lipinski definition) is 2. The molecule has 0 saturated carbocycles. The Morgan fingerprint density at radius 2 is 2.10 bits per heavy atom. The summed E-state index contributed by atoms with van der Waals surface area (Å²) in [5, 5.41) is 6.77. The second kappa shape index (κ2) is 13.9. The summed E-state index contributed by atoms with van der Waals surface area (Å²) in [6.07, 6.45) is 3.49. The lowest BCUT2D eigenvalue weighted by Crippen LogP contribution is -2.43. The first-order valence-corrected chi connectivity index (χ1v) is 11.0. The first-order chi connectivity index (χ1) is 13.9. The number of likely N-dealkylation sites (tertiary alicyclic amines) is 1. The summed E-state index contributed by atoms with van der Waals surface area (Å²) >= 11 is 0. The molecule has 0 aliphatic carbocycles. The molecule has 0 spiro atoms. The minimum atomic E-state index is 0. The highest BCUT2D eigenvalue weighted by atomic mass is 127. The van der Waals surface area contributed by atoms with E-state index in [1.807, 2.05) is 18.2 Å². The standard InChI is InChI=1S/C23H39N5O.HI/c1-6-24-23(26-16-19(3)28-14-8-9-18(2)17-28)25-13-12-20-10-7-11-21(15-20)22(29)27(4)5;/h7,10-11,15,18-19H,6,8-9,12-14,16-17H2,1-5H3,(H2,24,25,26);1H. The van der Waals surface area contributed by atoms with Crippen LogP contribution in [0.3, 0.4) is 0 Å². The van der Waals surface area contributed by atoms with Crippen molar-refractivity contribution in [3.63, 3.8) is 0 Å². The molecule has 0 bridgehead atoms. The van der Waals surface area contributed by atoms with Crippen molar-refractivity contribution >= 4 is 35.8 Å². The Balaban J connectivity index is 0.00000450. The van der Waals surface area contributed by atoms with Crippen molar-refractivity contribution < 1.29 is 4.79 Å². The van der Waals surface area contributed by atoms with Gasteiger partial charge in [-0.3, -0.25) is 14.7 Å². The first kappa shape index (κ1) is 26.7. The van der Waals surface area contributed by atoms with Gasteiger partial charge in [-0.05, 0) is 63.3 Å². The molecular weight excluding hydrogens is 489 g/mol. The van der Waals surface area contributed by atoms with Gasteiger partial charge in [0.15, 0.2) is 5.96 Å². The van der Waals surface area contributed by atoms with Crippen molar-refractivity contribution in [2.24, 2.45) is 10.9 Å². The molecule has 2 unspecified atom stereocenters. The highest BCUT2D eigenvalue weighted by Crippen LogP contribution is 2.17. The molecule has 0 aromatic heterocycles. The number of carbonyl (C=O) groups excluding carboxylic acids is 1. The Labute approximate surface area is 199 Å². The van der Waals surface area contributed by atoms with Gasteiger partial charge < -0.3 is 15.5 Å². The lowest BCUT2D eigenvalue weighted by atomic mass is 9.99. The monoisotopic (exact) mass is 529 g/mol. The van der Waals surface area contributed by atoms with E-state index in [0.29, 0.717) is 6.04 Å². The summed E-state index contributed by atoms with van der Waals surface area (Å²) in [5.74, 6) is 1.69. The Morgan fingerprint density at radius 1 is 1.33 bits per heavy atom. The van der Waals surface area contributed by atoms with Crippen molar-refractivity contribution in [3.05, 3.63) is 35.4 Å². The number of nitrogens with zero attached hydrogens (tertiary/aromatic N) is 3. The van der Waals surface area contributed by atoms with E-state index >= 15 is 0 Å². The average molecular weight is 530 g/mol. The number of hydrogen-bond acceptors (Lipinski definition) is 3. The number of nitrogens with one attached hydrogen (secondary N) is 2. The van der Waals surface area contributed by atoms with Crippen LogP contribution in [-0.2, 0) is 6.42 Å². The molecule has 1 aliphatic heterocycles. The van der Waals surface area contributed by atoms with Gasteiger partial charge in [0, 0.05) is 45.3 Å². The van der Waals surface area contributed by atoms with Crippen molar-refractivity contribution in [3.8, 4) is 0 Å². The summed E-state index contributed by atoms with van der Waals surface area (Å²) in [6.45, 7) is 11.5. The van der Waals surface area contributed by atoms with Crippen molar-refractivity contribution in [1.82, 2.24) is 20.4 Å². The van der Waals surface area contributed by atoms with Crippen LogP contribution in [0.25, 0.3) is 0 Å². The van der Waals surface area contributed by atoms with Gasteiger partial charge in [-0.2, -0.15) is 0 Å². The molecule has 2 N–H and O–H groups in total. The van der Waals surface area contributed by atoms with E-state index in [0.717, 1.165) is 49.1 Å². The number of benzene rings is 1. The number of amides is 1. The Morgan fingerprint density at radius 3 is 2.77 bits per heavy atom. The van der Waals surface area contributed by atoms with E-state index in [4.69, 9.17) is 4.99 Å². The van der Waals surface area contributed by atoms with Gasteiger partial charge in [-0.15, -0.1) is 24.0 Å². The van der Waals surface area contributed by atoms with Gasteiger partial charge in [-0.1, -0.05) is 19.1 Å². The highest BCUT2D eigenvalue weighted by Gasteiger charge is 2.20. The number of guanidine groups is 1. The normalized spacial score (nSPS) is 18.3. The summed E-state index contributed by atoms with van der Waals surface area (Å²) < 4.78 is 0. The van der Waals surface area contributed by atoms with Gasteiger partial charge >= 0.3 is 0 Å². The summed E-state index contributed by atoms with van der Waals surface area (Å²) in [4.78, 5) is 21.1. The van der Waals surface area contributed by atoms with Crippen LogP contribution < -0.4 is 10.6 Å². The van der Waals surface area contributed by atoms with E-state index in [1.54, 1.807) is 19.0 Å². The maximum atomic E-state index is 12.1. The van der Waals surface area contributed by atoms with E-state index in [9.17, 15) is 4.79 Å². The first-order valence-electron chi connectivity index (χ1n) is 11.0. The van der Waals surface area contributed by atoms with Crippen LogP contribution in [-0.4, -0.2) is 74.5 Å². The SMILES string of the molecule is CCNC(=NCC(C)N1CCCC(C)C1)NCCc1cccc(C(=O)N(C)C)c1.I. The molecule has 0 radical (unpaired) electrons. The molecule has 7 heteroatoms. The molecular formula is C23H40IN5O. The lowest BCUT2D eigenvalue weighted by molar-refractivity contribution is 0.0827. The van der Waals surface area contributed by atoms with Crippen LogP contribution in [0.15, 0.2) is 29.3 Å². The van der Waals surface area contributed by atoms with Crippen LogP contribution >= 0.6 is 24.0 Å². The number of aliphatic imine (C=N–C) groups is 1. The molecule has 1 heterocycles. The molecule has 2 rings (SSSR count). The van der Waals surface area contributed by atoms with Crippen molar-refractivity contribution in [1.29, 1.82) is 0 Å². The summed E-state index contributed by atoms with van der Waals surface area (Å²) in [5.41, 5.74) is 1.88. The predicted octanol–water partition coefficient (Wildman–Crippen LogP) is 3.22. The second-order valence-corrected chi connectivity index (χ2v) is 8.39. The minimum Gasteiger partial charge on any atom is -0.357 e. The van der Waals surface area contributed by atoms with Gasteiger partial charge in [0.05, 0.1) is 6.54 Å². The third-order valence-electron chi connectivity index (χ3n) is 5.46. The molecule has 170 valence electrons. The van der Waals surface area contributed by atoms with Crippen molar-refractivity contribution in [2.75, 3.05) is 46.8 Å². The van der Waals surface area contributed by atoms with Crippen molar-refractivity contribution in [2.45, 2.75) is 46.1 Å². The van der Waals surface area contributed by atoms with Crippen LogP contribution in [0.2, 0.25) is 0 Å². The maximum Gasteiger partial charge on any atom is 0.253 e. The quantitative estimate of drug-likeness (QED) is 0.309. The third kappa shape index (κ3) is 8.79. The molecule has 30 heavy (non-hydrogen) atoms. The van der Waals surface area contributed by atoms with Crippen LogP contribution in [0.4, 0.5) is 0 Å². The number of piperidine rings is 1. The Kier molecular flexibility index (Phi) is 12.3. The van der Waals surface area contributed by atoms with E-state index in [-0.39, 0.29) is 29.9 Å². The molecule has 1 aromatic rings. The van der Waals surface area contributed by atoms with Crippen LogP contribution in [0, 0.1) is 5.92 Å². The fourth-order valence-electron chi connectivity index (χ4n) is 3.75. The van der Waals surface area contributed by atoms with E-state index < -0.39 is 0 Å². The Bertz CT molecular complexity index is 679. The minimum absolute atomic E-state index is 0. The largest absolute Gasteiger partial charge is 0.357 e.